The maximum absolute atomic E-state index is 12.8. The van der Waals surface area contributed by atoms with Gasteiger partial charge in [0.05, 0.1) is 3.79 Å². The summed E-state index contributed by atoms with van der Waals surface area (Å²) in [6, 6.07) is 1.80. The fourth-order valence-corrected chi connectivity index (χ4v) is 6.27. The molecule has 1 aromatic heterocycles. The Hall–Kier alpha value is 0.0500. The van der Waals surface area contributed by atoms with Gasteiger partial charge in [0.15, 0.2) is 0 Å². The number of nitrogens with zero attached hydrogens (tertiary/aromatic N) is 1. The third-order valence-corrected chi connectivity index (χ3v) is 7.15. The lowest BCUT2D eigenvalue weighted by atomic mass is 10.4. The van der Waals surface area contributed by atoms with Crippen LogP contribution in [-0.2, 0) is 16.6 Å². The molecule has 7 heteroatoms. The molecule has 0 saturated carbocycles. The van der Waals surface area contributed by atoms with E-state index in [-0.39, 0.29) is 0 Å². The van der Waals surface area contributed by atoms with Crippen LogP contribution in [0.1, 0.15) is 44.9 Å². The number of thiophene rings is 1. The Morgan fingerprint density at radius 2 is 1.81 bits per heavy atom. The second-order valence-corrected chi connectivity index (χ2v) is 9.29. The smallest absolute Gasteiger partial charge is 0.245 e. The average molecular weight is 397 g/mol. The fourth-order valence-electron chi connectivity index (χ4n) is 2.04. The van der Waals surface area contributed by atoms with Crippen LogP contribution in [0.4, 0.5) is 0 Å². The molecular formula is C14H25BrN2O2S2. The summed E-state index contributed by atoms with van der Waals surface area (Å²) >= 11 is 4.91. The molecule has 0 aliphatic carbocycles. The minimum absolute atomic E-state index is 0.405. The standard InChI is InChI=1S/C14H25BrN2O2S2/c1-4-7-16-11-12-10-13(14(15)20-12)21(18,19)17(8-5-2)9-6-3/h10,16H,4-9,11H2,1-3H3. The van der Waals surface area contributed by atoms with Gasteiger partial charge in [0.2, 0.25) is 10.0 Å². The van der Waals surface area contributed by atoms with E-state index in [0.29, 0.717) is 28.3 Å². The van der Waals surface area contributed by atoms with E-state index in [1.807, 2.05) is 13.8 Å². The summed E-state index contributed by atoms with van der Waals surface area (Å²) in [6.45, 7) is 8.91. The first-order valence-electron chi connectivity index (χ1n) is 7.46. The highest BCUT2D eigenvalue weighted by Crippen LogP contribution is 2.33. The molecule has 4 nitrogen and oxygen atoms in total. The van der Waals surface area contributed by atoms with Crippen LogP contribution in [-0.4, -0.2) is 32.4 Å². The molecule has 0 atom stereocenters. The molecule has 1 rings (SSSR count). The van der Waals surface area contributed by atoms with Crippen molar-refractivity contribution in [2.24, 2.45) is 0 Å². The fraction of sp³-hybridized carbons (Fsp3) is 0.714. The van der Waals surface area contributed by atoms with Gasteiger partial charge >= 0.3 is 0 Å². The molecule has 0 aliphatic rings. The summed E-state index contributed by atoms with van der Waals surface area (Å²) in [5.41, 5.74) is 0. The lowest BCUT2D eigenvalue weighted by Crippen LogP contribution is -2.32. The van der Waals surface area contributed by atoms with Crippen molar-refractivity contribution in [3.63, 3.8) is 0 Å². The van der Waals surface area contributed by atoms with E-state index in [0.717, 1.165) is 30.7 Å². The predicted octanol–water partition coefficient (Wildman–Crippen LogP) is 3.82. The van der Waals surface area contributed by atoms with Crippen LogP contribution in [0.25, 0.3) is 0 Å². The van der Waals surface area contributed by atoms with Gasteiger partial charge < -0.3 is 5.32 Å². The predicted molar refractivity (Wildman–Crippen MR) is 93.4 cm³/mol. The molecule has 122 valence electrons. The monoisotopic (exact) mass is 396 g/mol. The molecule has 1 N–H and O–H groups in total. The Balaban J connectivity index is 2.96. The van der Waals surface area contributed by atoms with Crippen LogP contribution in [0, 0.1) is 0 Å². The third kappa shape index (κ3) is 5.32. The van der Waals surface area contributed by atoms with Crippen molar-refractivity contribution in [2.45, 2.75) is 51.5 Å². The molecule has 0 radical (unpaired) electrons. The summed E-state index contributed by atoms with van der Waals surface area (Å²) in [5.74, 6) is 0. The Labute approximate surface area is 141 Å². The van der Waals surface area contributed by atoms with Gasteiger partial charge in [0.25, 0.3) is 0 Å². The largest absolute Gasteiger partial charge is 0.312 e. The third-order valence-electron chi connectivity index (χ3n) is 3.00. The Bertz CT molecular complexity index is 523. The van der Waals surface area contributed by atoms with Crippen LogP contribution in [0.3, 0.4) is 0 Å². The van der Waals surface area contributed by atoms with Gasteiger partial charge in [-0.3, -0.25) is 0 Å². The lowest BCUT2D eigenvalue weighted by Gasteiger charge is -2.20. The van der Waals surface area contributed by atoms with Crippen molar-refractivity contribution in [3.05, 3.63) is 14.7 Å². The Morgan fingerprint density at radius 3 is 2.33 bits per heavy atom. The van der Waals surface area contributed by atoms with Gasteiger partial charge in [0.1, 0.15) is 4.90 Å². The zero-order chi connectivity index (χ0) is 15.9. The average Bonchev–Trinajstić information content (AvgIpc) is 2.81. The van der Waals surface area contributed by atoms with Gasteiger partial charge in [-0.1, -0.05) is 20.8 Å². The second kappa shape index (κ2) is 9.25. The summed E-state index contributed by atoms with van der Waals surface area (Å²) in [4.78, 5) is 1.45. The first-order valence-corrected chi connectivity index (χ1v) is 10.5. The highest BCUT2D eigenvalue weighted by molar-refractivity contribution is 9.11. The van der Waals surface area contributed by atoms with Gasteiger partial charge in [-0.2, -0.15) is 4.31 Å². The maximum Gasteiger partial charge on any atom is 0.245 e. The molecule has 0 bridgehead atoms. The number of sulfonamides is 1. The van der Waals surface area contributed by atoms with Crippen LogP contribution >= 0.6 is 27.3 Å². The van der Waals surface area contributed by atoms with E-state index in [2.05, 4.69) is 28.2 Å². The molecule has 0 saturated heterocycles. The molecule has 0 spiro atoms. The summed E-state index contributed by atoms with van der Waals surface area (Å²) in [5, 5.41) is 3.30. The molecule has 0 unspecified atom stereocenters. The van der Waals surface area contributed by atoms with Crippen molar-refractivity contribution in [3.8, 4) is 0 Å². The summed E-state index contributed by atoms with van der Waals surface area (Å²) in [7, 11) is -3.40. The molecule has 1 heterocycles. The number of halogens is 1. The van der Waals surface area contributed by atoms with E-state index in [1.54, 1.807) is 10.4 Å². The molecule has 0 aromatic carbocycles. The number of hydrogen-bond acceptors (Lipinski definition) is 4. The highest BCUT2D eigenvalue weighted by atomic mass is 79.9. The van der Waals surface area contributed by atoms with Crippen molar-refractivity contribution in [2.75, 3.05) is 19.6 Å². The van der Waals surface area contributed by atoms with E-state index < -0.39 is 10.0 Å². The van der Waals surface area contributed by atoms with Crippen LogP contribution in [0.5, 0.6) is 0 Å². The normalized spacial score (nSPS) is 12.2. The van der Waals surface area contributed by atoms with Gasteiger partial charge in [0, 0.05) is 24.5 Å². The van der Waals surface area contributed by atoms with Crippen molar-refractivity contribution < 1.29 is 8.42 Å². The number of rotatable bonds is 10. The van der Waals surface area contributed by atoms with E-state index >= 15 is 0 Å². The minimum Gasteiger partial charge on any atom is -0.312 e. The zero-order valence-electron chi connectivity index (χ0n) is 13.0. The van der Waals surface area contributed by atoms with E-state index in [4.69, 9.17) is 0 Å². The molecule has 1 aromatic rings. The molecular weight excluding hydrogens is 372 g/mol. The van der Waals surface area contributed by atoms with Gasteiger partial charge in [-0.05, 0) is 47.8 Å². The molecule has 21 heavy (non-hydrogen) atoms. The van der Waals surface area contributed by atoms with Crippen LogP contribution in [0.15, 0.2) is 14.7 Å². The van der Waals surface area contributed by atoms with Gasteiger partial charge in [-0.15, -0.1) is 11.3 Å². The summed E-state index contributed by atoms with van der Waals surface area (Å²) in [6.07, 6.45) is 2.72. The Kier molecular flexibility index (Phi) is 8.41. The zero-order valence-corrected chi connectivity index (χ0v) is 16.2. The number of nitrogens with one attached hydrogen (secondary N) is 1. The van der Waals surface area contributed by atoms with E-state index in [1.165, 1.54) is 11.3 Å². The van der Waals surface area contributed by atoms with E-state index in [9.17, 15) is 8.42 Å². The van der Waals surface area contributed by atoms with Gasteiger partial charge in [-0.25, -0.2) is 8.42 Å². The second-order valence-electron chi connectivity index (χ2n) is 4.93. The quantitative estimate of drug-likeness (QED) is 0.611. The Morgan fingerprint density at radius 1 is 1.19 bits per heavy atom. The molecule has 0 fully saturated rings. The first-order chi connectivity index (χ1) is 9.97. The lowest BCUT2D eigenvalue weighted by molar-refractivity contribution is 0.410. The minimum atomic E-state index is -3.40. The van der Waals surface area contributed by atoms with Crippen molar-refractivity contribution in [1.29, 1.82) is 0 Å². The SMILES string of the molecule is CCCNCc1cc(S(=O)(=O)N(CCC)CCC)c(Br)s1. The van der Waals surface area contributed by atoms with Crippen molar-refractivity contribution in [1.82, 2.24) is 9.62 Å². The highest BCUT2D eigenvalue weighted by Gasteiger charge is 2.27. The molecule has 0 aliphatic heterocycles. The van der Waals surface area contributed by atoms with Crippen LogP contribution in [0.2, 0.25) is 0 Å². The van der Waals surface area contributed by atoms with Crippen LogP contribution < -0.4 is 5.32 Å². The van der Waals surface area contributed by atoms with Crippen molar-refractivity contribution >= 4 is 37.3 Å². The molecule has 0 amide bonds. The topological polar surface area (TPSA) is 49.4 Å². The maximum atomic E-state index is 12.8. The first kappa shape index (κ1) is 19.1. The number of hydrogen-bond donors (Lipinski definition) is 1. The summed E-state index contributed by atoms with van der Waals surface area (Å²) < 4.78 is 27.8.